The van der Waals surface area contributed by atoms with Crippen molar-refractivity contribution < 1.29 is 9.47 Å². The zero-order valence-corrected chi connectivity index (χ0v) is 20.4. The lowest BCUT2D eigenvalue weighted by molar-refractivity contribution is 0.269. The fourth-order valence-electron chi connectivity index (χ4n) is 3.49. The van der Waals surface area contributed by atoms with E-state index in [1.807, 2.05) is 31.2 Å². The molecule has 0 amide bonds. The predicted molar refractivity (Wildman–Crippen MR) is 129 cm³/mol. The van der Waals surface area contributed by atoms with Crippen molar-refractivity contribution in [3.05, 3.63) is 67.6 Å². The van der Waals surface area contributed by atoms with Crippen LogP contribution in [0.4, 0.5) is 0 Å². The number of halogens is 3. The molecule has 162 valence electrons. The minimum absolute atomic E-state index is 0.385. The quantitative estimate of drug-likeness (QED) is 0.261. The lowest BCUT2D eigenvalue weighted by atomic mass is 9.97. The Hall–Kier alpha value is -1.20. The van der Waals surface area contributed by atoms with Crippen molar-refractivity contribution in [2.45, 2.75) is 52.2 Å². The second-order valence-corrected chi connectivity index (χ2v) is 9.06. The van der Waals surface area contributed by atoms with E-state index in [0.717, 1.165) is 40.9 Å². The molecule has 6 heteroatoms. The van der Waals surface area contributed by atoms with Crippen molar-refractivity contribution in [2.24, 2.45) is 0 Å². The highest BCUT2D eigenvalue weighted by molar-refractivity contribution is 9.10. The van der Waals surface area contributed by atoms with Crippen molar-refractivity contribution in [2.75, 3.05) is 13.2 Å². The monoisotopic (exact) mass is 511 g/mol. The molecule has 30 heavy (non-hydrogen) atoms. The summed E-state index contributed by atoms with van der Waals surface area (Å²) in [5.41, 5.74) is 3.69. The highest BCUT2D eigenvalue weighted by Gasteiger charge is 2.12. The van der Waals surface area contributed by atoms with Gasteiger partial charge in [-0.3, -0.25) is 0 Å². The Morgan fingerprint density at radius 2 is 1.87 bits per heavy atom. The fourth-order valence-corrected chi connectivity index (χ4v) is 4.27. The molecule has 3 rings (SSSR count). The summed E-state index contributed by atoms with van der Waals surface area (Å²) in [4.78, 5) is 0. The molecule has 0 saturated heterocycles. The summed E-state index contributed by atoms with van der Waals surface area (Å²) in [6, 6.07) is 9.52. The molecule has 1 aliphatic rings. The van der Waals surface area contributed by atoms with Gasteiger partial charge in [-0.2, -0.15) is 0 Å². The second-order valence-electron chi connectivity index (χ2n) is 7.40. The van der Waals surface area contributed by atoms with Gasteiger partial charge in [-0.1, -0.05) is 56.8 Å². The summed E-state index contributed by atoms with van der Waals surface area (Å²) in [5.74, 6) is 1.44. The van der Waals surface area contributed by atoms with Crippen LogP contribution in [-0.4, -0.2) is 13.2 Å². The molecule has 2 aromatic rings. The standard InChI is InChI=1S/C24H28BrCl2NO2/c1-2-29-23-13-19(15-28-11-10-17-6-4-3-5-7-17)20(25)14-24(23)30-16-18-8-9-21(26)22(27)12-18/h6,8-9,12-14,28H,2-5,7,10-11,15-16H2,1H3. The van der Waals surface area contributed by atoms with Gasteiger partial charge in [0.05, 0.1) is 16.7 Å². The van der Waals surface area contributed by atoms with Crippen molar-refractivity contribution in [1.29, 1.82) is 0 Å². The van der Waals surface area contributed by atoms with Gasteiger partial charge in [0, 0.05) is 11.0 Å². The highest BCUT2D eigenvalue weighted by Crippen LogP contribution is 2.35. The van der Waals surface area contributed by atoms with Crippen LogP contribution in [0, 0.1) is 0 Å². The lowest BCUT2D eigenvalue weighted by Gasteiger charge is -2.16. The van der Waals surface area contributed by atoms with Gasteiger partial charge < -0.3 is 14.8 Å². The van der Waals surface area contributed by atoms with Crippen LogP contribution in [0.2, 0.25) is 10.0 Å². The first-order valence-corrected chi connectivity index (χ1v) is 12.0. The third-order valence-corrected chi connectivity index (χ3v) is 6.59. The summed E-state index contributed by atoms with van der Waals surface area (Å²) in [6.07, 6.45) is 8.70. The summed E-state index contributed by atoms with van der Waals surface area (Å²) >= 11 is 15.8. The van der Waals surface area contributed by atoms with Crippen LogP contribution in [0.1, 0.15) is 50.2 Å². The fraction of sp³-hybridized carbons (Fsp3) is 0.417. The summed E-state index contributed by atoms with van der Waals surface area (Å²) < 4.78 is 12.9. The Balaban J connectivity index is 1.60. The molecule has 0 bridgehead atoms. The van der Waals surface area contributed by atoms with Crippen LogP contribution in [0.25, 0.3) is 0 Å². The Morgan fingerprint density at radius 3 is 2.60 bits per heavy atom. The van der Waals surface area contributed by atoms with E-state index < -0.39 is 0 Å². The van der Waals surface area contributed by atoms with E-state index in [9.17, 15) is 0 Å². The van der Waals surface area contributed by atoms with Crippen LogP contribution in [-0.2, 0) is 13.2 Å². The smallest absolute Gasteiger partial charge is 0.162 e. The topological polar surface area (TPSA) is 30.5 Å². The number of hydrogen-bond acceptors (Lipinski definition) is 3. The minimum Gasteiger partial charge on any atom is -0.490 e. The molecular formula is C24H28BrCl2NO2. The van der Waals surface area contributed by atoms with E-state index in [2.05, 4.69) is 27.3 Å². The molecule has 0 aliphatic heterocycles. The SMILES string of the molecule is CCOc1cc(CNCCC2=CCCCC2)c(Br)cc1OCc1ccc(Cl)c(Cl)c1. The molecule has 0 heterocycles. The summed E-state index contributed by atoms with van der Waals surface area (Å²) in [7, 11) is 0. The molecule has 0 radical (unpaired) electrons. The molecule has 0 unspecified atom stereocenters. The van der Waals surface area contributed by atoms with Crippen molar-refractivity contribution >= 4 is 39.1 Å². The molecule has 2 aromatic carbocycles. The highest BCUT2D eigenvalue weighted by atomic mass is 79.9. The van der Waals surface area contributed by atoms with E-state index in [0.29, 0.717) is 29.0 Å². The van der Waals surface area contributed by atoms with E-state index in [4.69, 9.17) is 32.7 Å². The normalized spacial score (nSPS) is 13.8. The maximum atomic E-state index is 6.10. The zero-order chi connectivity index (χ0) is 21.3. The van der Waals surface area contributed by atoms with Crippen LogP contribution >= 0.6 is 39.1 Å². The van der Waals surface area contributed by atoms with Crippen LogP contribution in [0.15, 0.2) is 46.5 Å². The van der Waals surface area contributed by atoms with Gasteiger partial charge in [0.15, 0.2) is 11.5 Å². The van der Waals surface area contributed by atoms with Gasteiger partial charge in [0.25, 0.3) is 0 Å². The Kier molecular flexibility index (Phi) is 9.38. The summed E-state index contributed by atoms with van der Waals surface area (Å²) in [5, 5.41) is 4.61. The molecule has 0 saturated carbocycles. The van der Waals surface area contributed by atoms with E-state index in [1.54, 1.807) is 11.6 Å². The molecule has 0 fully saturated rings. The van der Waals surface area contributed by atoms with Gasteiger partial charge in [0.1, 0.15) is 6.61 Å². The van der Waals surface area contributed by atoms with Gasteiger partial charge >= 0.3 is 0 Å². The first-order chi connectivity index (χ1) is 14.6. The van der Waals surface area contributed by atoms with Crippen molar-refractivity contribution in [1.82, 2.24) is 5.32 Å². The molecule has 0 aromatic heterocycles. The third kappa shape index (κ3) is 6.91. The van der Waals surface area contributed by atoms with Crippen molar-refractivity contribution in [3.8, 4) is 11.5 Å². The Bertz CT molecular complexity index is 886. The van der Waals surface area contributed by atoms with E-state index >= 15 is 0 Å². The first kappa shape index (κ1) is 23.5. The molecule has 0 atom stereocenters. The Labute approximate surface area is 197 Å². The number of rotatable bonds is 10. The molecule has 1 N–H and O–H groups in total. The van der Waals surface area contributed by atoms with E-state index in [-0.39, 0.29) is 0 Å². The second kappa shape index (κ2) is 12.0. The number of nitrogens with one attached hydrogen (secondary N) is 1. The maximum Gasteiger partial charge on any atom is 0.162 e. The largest absolute Gasteiger partial charge is 0.490 e. The third-order valence-electron chi connectivity index (χ3n) is 5.11. The molecule has 0 spiro atoms. The average Bonchev–Trinajstić information content (AvgIpc) is 2.75. The van der Waals surface area contributed by atoms with Crippen LogP contribution in [0.5, 0.6) is 11.5 Å². The van der Waals surface area contributed by atoms with Gasteiger partial charge in [0.2, 0.25) is 0 Å². The number of ether oxygens (including phenoxy) is 2. The predicted octanol–water partition coefficient (Wildman–Crippen LogP) is 7.71. The van der Waals surface area contributed by atoms with Gasteiger partial charge in [-0.15, -0.1) is 0 Å². The van der Waals surface area contributed by atoms with E-state index in [1.165, 1.54) is 25.7 Å². The lowest BCUT2D eigenvalue weighted by Crippen LogP contribution is -2.16. The van der Waals surface area contributed by atoms with Crippen LogP contribution in [0.3, 0.4) is 0 Å². The molecule has 1 aliphatic carbocycles. The summed E-state index contributed by atoms with van der Waals surface area (Å²) in [6.45, 7) is 4.70. The number of hydrogen-bond donors (Lipinski definition) is 1. The van der Waals surface area contributed by atoms with Gasteiger partial charge in [-0.25, -0.2) is 0 Å². The molecular weight excluding hydrogens is 485 g/mol. The van der Waals surface area contributed by atoms with Crippen LogP contribution < -0.4 is 14.8 Å². The minimum atomic E-state index is 0.385. The average molecular weight is 513 g/mol. The maximum absolute atomic E-state index is 6.10. The first-order valence-electron chi connectivity index (χ1n) is 10.5. The number of benzene rings is 2. The number of allylic oxidation sites excluding steroid dienone is 1. The van der Waals surface area contributed by atoms with Gasteiger partial charge in [-0.05, 0) is 81.0 Å². The Morgan fingerprint density at radius 1 is 1.03 bits per heavy atom. The van der Waals surface area contributed by atoms with Crippen molar-refractivity contribution in [3.63, 3.8) is 0 Å². The zero-order valence-electron chi connectivity index (χ0n) is 17.3. The molecule has 3 nitrogen and oxygen atoms in total.